The Morgan fingerprint density at radius 1 is 0.520 bits per heavy atom. The van der Waals surface area contributed by atoms with E-state index in [0.717, 1.165) is 89.7 Å². The molecule has 0 saturated carbocycles. The summed E-state index contributed by atoms with van der Waals surface area (Å²) in [5.74, 6) is 2.29. The fraction of sp³-hybridized carbons (Fsp3) is 0.157. The molecule has 0 fully saturated rings. The summed E-state index contributed by atoms with van der Waals surface area (Å²) in [6, 6.07) is 77.6. The van der Waals surface area contributed by atoms with Crippen LogP contribution in [0.1, 0.15) is 78.0 Å². The maximum absolute atomic E-state index is 9.63. The first-order chi connectivity index (χ1) is 37.2. The summed E-state index contributed by atoms with van der Waals surface area (Å²) in [4.78, 5) is 9.82. The molecule has 2 aromatic heterocycles. The van der Waals surface area contributed by atoms with Gasteiger partial charge in [-0.15, -0.1) is 0 Å². The van der Waals surface area contributed by atoms with Crippen LogP contribution in [0.2, 0.25) is 0 Å². The predicted molar refractivity (Wildman–Crippen MR) is 313 cm³/mol. The van der Waals surface area contributed by atoms with E-state index in [0.29, 0.717) is 12.2 Å². The second kappa shape index (κ2) is 18.1. The molecule has 0 amide bonds. The van der Waals surface area contributed by atoms with Gasteiger partial charge >= 0.3 is 0 Å². The minimum atomic E-state index is -1.64. The molecule has 13 rings (SSSR count). The van der Waals surface area contributed by atoms with E-state index in [1.807, 2.05) is 39.1 Å². The summed E-state index contributed by atoms with van der Waals surface area (Å²) in [6.07, 6.45) is 0.282. The van der Waals surface area contributed by atoms with Gasteiger partial charge in [0, 0.05) is 54.6 Å². The van der Waals surface area contributed by atoms with Crippen molar-refractivity contribution in [3.63, 3.8) is 0 Å². The van der Waals surface area contributed by atoms with Crippen molar-refractivity contribution in [1.29, 1.82) is 0 Å². The molecular weight excluding hydrogens is 913 g/mol. The lowest BCUT2D eigenvalue weighted by molar-refractivity contribution is 0.411. The molecule has 0 saturated heterocycles. The molecule has 0 N–H and O–H groups in total. The molecule has 0 spiro atoms. The Morgan fingerprint density at radius 2 is 1.11 bits per heavy atom. The molecule has 0 atom stereocenters. The summed E-state index contributed by atoms with van der Waals surface area (Å²) in [7, 11) is 0. The van der Waals surface area contributed by atoms with Gasteiger partial charge in [-0.05, 0) is 134 Å². The lowest BCUT2D eigenvalue weighted by Crippen LogP contribution is -2.25. The normalized spacial score (nSPS) is 13.9. The molecular formula is C70H60N4O. The maximum atomic E-state index is 9.63. The van der Waals surface area contributed by atoms with Gasteiger partial charge in [-0.25, -0.2) is 4.98 Å². The molecule has 366 valence electrons. The monoisotopic (exact) mass is 974 g/mol. The highest BCUT2D eigenvalue weighted by Gasteiger charge is 2.35. The lowest BCUT2D eigenvalue weighted by Gasteiger charge is -2.29. The number of hydrogen-bond acceptors (Lipinski definition) is 4. The Hall–Kier alpha value is -8.67. The SMILES string of the molecule is [2H]C([2H])(c1cc(-c2ccccc2)c(N2CN(c3cc(Oc4ccc5c6ccccc6n(-c6cc(C(C)(C)C)ccn6)c5c4)cc(C4c5ccccc5-c5ccccc54)c3)c3ccccc32)c(-c2ccccc2)c1)C(C)(C)C. The second-order valence-corrected chi connectivity index (χ2v) is 22.2. The number of rotatable bonds is 9. The van der Waals surface area contributed by atoms with Gasteiger partial charge in [0.15, 0.2) is 0 Å². The van der Waals surface area contributed by atoms with Gasteiger partial charge < -0.3 is 14.5 Å². The van der Waals surface area contributed by atoms with Crippen LogP contribution in [0.15, 0.2) is 225 Å². The van der Waals surface area contributed by atoms with E-state index in [-0.39, 0.29) is 11.3 Å². The zero-order chi connectivity index (χ0) is 52.8. The third-order valence-corrected chi connectivity index (χ3v) is 14.9. The number of para-hydroxylation sites is 3. The van der Waals surface area contributed by atoms with Crippen LogP contribution in [0, 0.1) is 5.41 Å². The van der Waals surface area contributed by atoms with Gasteiger partial charge in [0.05, 0.1) is 28.1 Å². The summed E-state index contributed by atoms with van der Waals surface area (Å²) in [5, 5.41) is 2.29. The zero-order valence-corrected chi connectivity index (χ0v) is 43.3. The fourth-order valence-electron chi connectivity index (χ4n) is 11.6. The molecule has 3 heterocycles. The number of anilines is 4. The Balaban J connectivity index is 0.997. The summed E-state index contributed by atoms with van der Waals surface area (Å²) in [5.41, 5.74) is 17.5. The van der Waals surface area contributed by atoms with E-state index in [1.54, 1.807) is 0 Å². The molecule has 2 aliphatic rings. The first-order valence-corrected chi connectivity index (χ1v) is 26.2. The van der Waals surface area contributed by atoms with Gasteiger partial charge in [0.1, 0.15) is 24.0 Å². The van der Waals surface area contributed by atoms with E-state index in [4.69, 9.17) is 9.72 Å². The molecule has 9 aromatic carbocycles. The first-order valence-electron chi connectivity index (χ1n) is 27.2. The van der Waals surface area contributed by atoms with Gasteiger partial charge in [0.25, 0.3) is 0 Å². The summed E-state index contributed by atoms with van der Waals surface area (Å²) in [6.45, 7) is 13.2. The highest BCUT2D eigenvalue weighted by molar-refractivity contribution is 6.09. The molecule has 0 radical (unpaired) electrons. The summed E-state index contributed by atoms with van der Waals surface area (Å²) < 4.78 is 28.8. The van der Waals surface area contributed by atoms with Crippen molar-refractivity contribution >= 4 is 44.6 Å². The lowest BCUT2D eigenvalue weighted by atomic mass is 9.84. The average molecular weight is 975 g/mol. The number of nitrogens with zero attached hydrogens (tertiary/aromatic N) is 4. The standard InChI is InChI=1S/C70H60N4O/c1-69(2,3)44-46-37-60(47-21-9-7-10-22-47)68(61(38-46)48-23-11-8-12-24-48)73-45-72(63-31-19-20-32-64(63)73)51-39-49(67-58-28-15-13-25-54(58)55-26-14-16-29-59(55)67)40-53(42-51)75-52-33-34-57-56-27-17-18-30-62(56)74(65(57)43-52)66-41-50(35-36-71-66)70(4,5)6/h7-43,67H,44-45H2,1-6H3/i44D2. The molecule has 1 aliphatic heterocycles. The highest BCUT2D eigenvalue weighted by Crippen LogP contribution is 2.54. The number of aromatic nitrogens is 2. The zero-order valence-electron chi connectivity index (χ0n) is 45.3. The van der Waals surface area contributed by atoms with Crippen LogP contribution in [0.25, 0.3) is 61.0 Å². The third kappa shape index (κ3) is 8.33. The van der Waals surface area contributed by atoms with Crippen LogP contribution >= 0.6 is 0 Å². The quantitative estimate of drug-likeness (QED) is 0.144. The van der Waals surface area contributed by atoms with Crippen LogP contribution < -0.4 is 14.5 Å². The predicted octanol–water partition coefficient (Wildman–Crippen LogP) is 18.6. The van der Waals surface area contributed by atoms with Gasteiger partial charge in [-0.2, -0.15) is 0 Å². The molecule has 5 heteroatoms. The molecule has 0 unspecified atom stereocenters. The third-order valence-electron chi connectivity index (χ3n) is 14.9. The van der Waals surface area contributed by atoms with Crippen molar-refractivity contribution < 1.29 is 7.48 Å². The minimum absolute atomic E-state index is 0.0374. The van der Waals surface area contributed by atoms with Gasteiger partial charge in [-0.1, -0.05) is 181 Å². The summed E-state index contributed by atoms with van der Waals surface area (Å²) >= 11 is 0. The van der Waals surface area contributed by atoms with Crippen LogP contribution in [0.5, 0.6) is 11.5 Å². The van der Waals surface area contributed by atoms with Gasteiger partial charge in [-0.3, -0.25) is 4.57 Å². The highest BCUT2D eigenvalue weighted by atomic mass is 16.5. The van der Waals surface area contributed by atoms with Crippen molar-refractivity contribution in [3.8, 4) is 50.7 Å². The fourth-order valence-corrected chi connectivity index (χ4v) is 11.6. The Kier molecular flexibility index (Phi) is 10.6. The maximum Gasteiger partial charge on any atom is 0.137 e. The van der Waals surface area contributed by atoms with Crippen molar-refractivity contribution in [1.82, 2.24) is 9.55 Å². The largest absolute Gasteiger partial charge is 0.457 e. The van der Waals surface area contributed by atoms with Crippen LogP contribution in [0.4, 0.5) is 22.7 Å². The first kappa shape index (κ1) is 43.9. The smallest absolute Gasteiger partial charge is 0.137 e. The molecule has 5 nitrogen and oxygen atoms in total. The van der Waals surface area contributed by atoms with E-state index in [9.17, 15) is 2.74 Å². The van der Waals surface area contributed by atoms with E-state index >= 15 is 0 Å². The number of pyridine rings is 1. The molecule has 0 bridgehead atoms. The van der Waals surface area contributed by atoms with Crippen LogP contribution in [0.3, 0.4) is 0 Å². The van der Waals surface area contributed by atoms with Crippen molar-refractivity contribution in [2.45, 2.75) is 59.2 Å². The number of benzene rings is 9. The Bertz CT molecular complexity index is 3970. The number of hydrogen-bond donors (Lipinski definition) is 0. The Morgan fingerprint density at radius 3 is 1.76 bits per heavy atom. The second-order valence-electron chi connectivity index (χ2n) is 22.2. The molecule has 75 heavy (non-hydrogen) atoms. The van der Waals surface area contributed by atoms with E-state index in [1.165, 1.54) is 27.8 Å². The number of fused-ring (bicyclic) bond motifs is 7. The number of ether oxygens (including phenoxy) is 1. The Labute approximate surface area is 443 Å². The van der Waals surface area contributed by atoms with E-state index < -0.39 is 11.8 Å². The average Bonchev–Trinajstić information content (AvgIpc) is 4.32. The molecule has 1 aliphatic carbocycles. The van der Waals surface area contributed by atoms with Crippen LogP contribution in [-0.4, -0.2) is 16.2 Å². The van der Waals surface area contributed by atoms with Crippen molar-refractivity contribution in [3.05, 3.63) is 252 Å². The molecule has 11 aromatic rings. The minimum Gasteiger partial charge on any atom is -0.457 e. The van der Waals surface area contributed by atoms with Gasteiger partial charge in [0.2, 0.25) is 0 Å². The van der Waals surface area contributed by atoms with Crippen molar-refractivity contribution in [2.24, 2.45) is 5.41 Å². The topological polar surface area (TPSA) is 33.5 Å². The van der Waals surface area contributed by atoms with E-state index in [2.05, 4.69) is 241 Å². The van der Waals surface area contributed by atoms with Crippen LogP contribution in [-0.2, 0) is 11.8 Å². The van der Waals surface area contributed by atoms with Crippen molar-refractivity contribution in [2.75, 3.05) is 16.5 Å².